The van der Waals surface area contributed by atoms with Crippen molar-refractivity contribution in [3.63, 3.8) is 0 Å². The number of carbonyl (C=O) groups excluding carboxylic acids is 2. The van der Waals surface area contributed by atoms with Gasteiger partial charge < -0.3 is 11.1 Å². The molecule has 11 nitrogen and oxygen atoms in total. The highest BCUT2D eigenvalue weighted by Gasteiger charge is 2.39. The molecule has 47 heavy (non-hydrogen) atoms. The van der Waals surface area contributed by atoms with Gasteiger partial charge in [-0.3, -0.25) is 34.4 Å². The summed E-state index contributed by atoms with van der Waals surface area (Å²) in [7, 11) is 0. The van der Waals surface area contributed by atoms with E-state index in [1.165, 1.54) is 23.0 Å². The molecule has 6 rings (SSSR count). The smallest absolute Gasteiger partial charge is 0.349 e. The maximum atomic E-state index is 14.6. The third-order valence-corrected chi connectivity index (χ3v) is 8.58. The second-order valence-corrected chi connectivity index (χ2v) is 12.1. The third kappa shape index (κ3) is 6.42. The predicted molar refractivity (Wildman–Crippen MR) is 174 cm³/mol. The number of amides is 2. The number of hydrogen-bond donors (Lipinski definition) is 4. The lowest BCUT2D eigenvalue weighted by Crippen LogP contribution is -2.36. The number of hydrazine groups is 2. The number of nitrogens with zero attached hydrogens (tertiary/aromatic N) is 4. The van der Waals surface area contributed by atoms with Crippen LogP contribution in [0.15, 0.2) is 83.3 Å². The number of alkyl halides is 2. The lowest BCUT2D eigenvalue weighted by Gasteiger charge is -2.24. The zero-order chi connectivity index (χ0) is 33.5. The number of hydrogen-bond acceptors (Lipinski definition) is 8. The topological polar surface area (TPSA) is 147 Å². The van der Waals surface area contributed by atoms with E-state index >= 15 is 0 Å². The maximum absolute atomic E-state index is 14.6. The number of nitrogens with two attached hydrogens (primary N) is 1. The van der Waals surface area contributed by atoms with Crippen molar-refractivity contribution in [3.8, 4) is 22.4 Å². The Bertz CT molecular complexity index is 1990. The van der Waals surface area contributed by atoms with Crippen LogP contribution in [-0.2, 0) is 15.5 Å². The van der Waals surface area contributed by atoms with E-state index in [-0.39, 0.29) is 17.2 Å². The number of aromatic nitrogens is 3. The molecule has 2 aromatic carbocycles. The molecule has 0 radical (unpaired) electrons. The molecule has 2 aliphatic rings. The lowest BCUT2D eigenvalue weighted by molar-refractivity contribution is -0.143. The fourth-order valence-corrected chi connectivity index (χ4v) is 5.92. The van der Waals surface area contributed by atoms with Crippen LogP contribution in [0, 0.1) is 5.92 Å². The third-order valence-electron chi connectivity index (χ3n) is 8.15. The van der Waals surface area contributed by atoms with Crippen LogP contribution < -0.4 is 32.6 Å². The Hall–Kier alpha value is -4.85. The van der Waals surface area contributed by atoms with Gasteiger partial charge >= 0.3 is 5.92 Å². The molecule has 2 aliphatic heterocycles. The zero-order valence-corrected chi connectivity index (χ0v) is 26.3. The molecule has 5 N–H and O–H groups in total. The number of benzene rings is 2. The van der Waals surface area contributed by atoms with Gasteiger partial charge in [-0.2, -0.15) is 8.78 Å². The lowest BCUT2D eigenvalue weighted by atomic mass is 9.94. The Balaban J connectivity index is 1.42. The Labute approximate surface area is 277 Å². The molecule has 0 saturated carbocycles. The van der Waals surface area contributed by atoms with Gasteiger partial charge in [0.15, 0.2) is 0 Å². The van der Waals surface area contributed by atoms with E-state index in [0.717, 1.165) is 12.1 Å². The molecular formula is C32H28Cl2F2N8O3. The summed E-state index contributed by atoms with van der Waals surface area (Å²) >= 11 is 12.4. The Morgan fingerprint density at radius 2 is 1.83 bits per heavy atom. The van der Waals surface area contributed by atoms with Gasteiger partial charge in [0.25, 0.3) is 11.5 Å². The van der Waals surface area contributed by atoms with E-state index in [9.17, 15) is 23.2 Å². The van der Waals surface area contributed by atoms with E-state index in [1.54, 1.807) is 54.7 Å². The maximum Gasteiger partial charge on any atom is 0.349 e. The SMILES string of the molecule is C[C@@H]1CCC[C@H](n2cnc(-c3cc(Cl)ccc3N3C=C(Cl)NN3)cc2=O)c2cc(ccn2)-c2ccc(C(F)(F)C(N)=O)cc2NC1=O. The first-order chi connectivity index (χ1) is 22.4. The number of nitrogens with one attached hydrogen (secondary N) is 3. The highest BCUT2D eigenvalue weighted by Crippen LogP contribution is 2.38. The number of primary amides is 1. The standard InChI is InChI=1S/C32H28Cl2F2N8O3/c1-17-3-2-4-27(43-16-39-23(14-29(43)45)22-13-20(33)6-8-26(22)44-15-28(34)41-42-44)25-11-18(9-10-38-25)21-7-5-19(32(35,36)31(37)47)12-24(21)40-30(17)46/h5-17,27,41-42H,2-4H2,1H3,(H2,37,47)(H,40,46)/t17-,27+/m1/s1. The molecule has 2 amide bonds. The molecule has 4 heterocycles. The molecule has 2 aromatic heterocycles. The van der Waals surface area contributed by atoms with Crippen molar-refractivity contribution in [2.45, 2.75) is 38.2 Å². The number of anilines is 2. The van der Waals surface area contributed by atoms with Crippen LogP contribution >= 0.6 is 23.2 Å². The van der Waals surface area contributed by atoms with Crippen molar-refractivity contribution in [1.29, 1.82) is 0 Å². The fourth-order valence-electron chi connectivity index (χ4n) is 5.61. The summed E-state index contributed by atoms with van der Waals surface area (Å²) in [4.78, 5) is 47.6. The number of halogens is 4. The average Bonchev–Trinajstić information content (AvgIpc) is 3.48. The summed E-state index contributed by atoms with van der Waals surface area (Å²) in [5.74, 6) is -6.62. The monoisotopic (exact) mass is 680 g/mol. The molecule has 0 saturated heterocycles. The quantitative estimate of drug-likeness (QED) is 0.205. The molecule has 242 valence electrons. The minimum Gasteiger partial charge on any atom is -0.364 e. The summed E-state index contributed by atoms with van der Waals surface area (Å²) in [6.07, 6.45) is 6.06. The molecule has 2 bridgehead atoms. The Morgan fingerprint density at radius 1 is 1.02 bits per heavy atom. The molecule has 15 heteroatoms. The van der Waals surface area contributed by atoms with Gasteiger partial charge in [-0.25, -0.2) is 4.98 Å². The number of carbonyl (C=O) groups is 2. The highest BCUT2D eigenvalue weighted by molar-refractivity contribution is 6.31. The Kier molecular flexibility index (Phi) is 8.70. The first-order valence-electron chi connectivity index (χ1n) is 14.6. The van der Waals surface area contributed by atoms with E-state index in [0.29, 0.717) is 63.2 Å². The summed E-state index contributed by atoms with van der Waals surface area (Å²) in [6.45, 7) is 1.73. The van der Waals surface area contributed by atoms with Crippen LogP contribution in [-0.4, -0.2) is 26.3 Å². The fraction of sp³-hybridized carbons (Fsp3) is 0.219. The van der Waals surface area contributed by atoms with Crippen molar-refractivity contribution >= 4 is 46.4 Å². The van der Waals surface area contributed by atoms with E-state index in [4.69, 9.17) is 28.9 Å². The van der Waals surface area contributed by atoms with E-state index in [2.05, 4.69) is 26.2 Å². The zero-order valence-electron chi connectivity index (χ0n) is 24.8. The van der Waals surface area contributed by atoms with Crippen molar-refractivity contribution in [2.75, 3.05) is 10.3 Å². The van der Waals surface area contributed by atoms with Gasteiger partial charge in [-0.05, 0) is 54.8 Å². The van der Waals surface area contributed by atoms with E-state index < -0.39 is 29.4 Å². The first-order valence-corrected chi connectivity index (χ1v) is 15.3. The molecule has 2 atom stereocenters. The summed E-state index contributed by atoms with van der Waals surface area (Å²) < 4.78 is 30.6. The average molecular weight is 682 g/mol. The molecule has 0 aliphatic carbocycles. The number of pyridine rings is 1. The van der Waals surface area contributed by atoms with Gasteiger partial charge in [0, 0.05) is 45.6 Å². The van der Waals surface area contributed by atoms with Gasteiger partial charge in [-0.1, -0.05) is 48.7 Å². The summed E-state index contributed by atoms with van der Waals surface area (Å²) in [5, 5.41) is 5.20. The van der Waals surface area contributed by atoms with Gasteiger partial charge in [-0.15, -0.1) is 5.53 Å². The highest BCUT2D eigenvalue weighted by atomic mass is 35.5. The van der Waals surface area contributed by atoms with Crippen molar-refractivity contribution < 1.29 is 18.4 Å². The largest absolute Gasteiger partial charge is 0.364 e. The Morgan fingerprint density at radius 3 is 2.55 bits per heavy atom. The van der Waals surface area contributed by atoms with Crippen LogP contribution in [0.25, 0.3) is 22.4 Å². The summed E-state index contributed by atoms with van der Waals surface area (Å²) in [5.41, 5.74) is 12.8. The van der Waals surface area contributed by atoms with Crippen LogP contribution in [0.2, 0.25) is 5.02 Å². The molecule has 0 unspecified atom stereocenters. The predicted octanol–water partition coefficient (Wildman–Crippen LogP) is 5.42. The van der Waals surface area contributed by atoms with Gasteiger partial charge in [0.1, 0.15) is 5.16 Å². The number of rotatable bonds is 5. The van der Waals surface area contributed by atoms with Crippen LogP contribution in [0.3, 0.4) is 0 Å². The molecular weight excluding hydrogens is 653 g/mol. The molecule has 4 aromatic rings. The van der Waals surface area contributed by atoms with Crippen molar-refractivity contribution in [2.24, 2.45) is 11.7 Å². The van der Waals surface area contributed by atoms with Crippen molar-refractivity contribution in [3.05, 3.63) is 105 Å². The minimum absolute atomic E-state index is 0.0916. The van der Waals surface area contributed by atoms with Crippen molar-refractivity contribution in [1.82, 2.24) is 25.5 Å². The normalized spacial score (nSPS) is 18.3. The van der Waals surface area contributed by atoms with Crippen LogP contribution in [0.1, 0.15) is 43.5 Å². The van der Waals surface area contributed by atoms with E-state index in [1.807, 2.05) is 0 Å². The van der Waals surface area contributed by atoms with Crippen LogP contribution in [0.5, 0.6) is 0 Å². The van der Waals surface area contributed by atoms with Crippen LogP contribution in [0.4, 0.5) is 20.2 Å². The second kappa shape index (κ2) is 12.7. The van der Waals surface area contributed by atoms with Gasteiger partial charge in [0.05, 0.1) is 35.6 Å². The molecule has 0 spiro atoms. The van der Waals surface area contributed by atoms with Gasteiger partial charge in [0.2, 0.25) is 5.91 Å². The number of fused-ring (bicyclic) bond motifs is 4. The minimum atomic E-state index is -3.94. The second-order valence-electron chi connectivity index (χ2n) is 11.3. The first kappa shape index (κ1) is 32.1. The molecule has 0 fully saturated rings. The summed E-state index contributed by atoms with van der Waals surface area (Å²) in [6, 6.07) is 13.0.